The molecule has 0 unspecified atom stereocenters. The second-order valence-electron chi connectivity index (χ2n) is 13.3. The molecule has 0 amide bonds. The van der Waals surface area contributed by atoms with Gasteiger partial charge in [0.15, 0.2) is 0 Å². The number of aromatic nitrogens is 2. The summed E-state index contributed by atoms with van der Waals surface area (Å²) in [6, 6.07) is 36.5. The summed E-state index contributed by atoms with van der Waals surface area (Å²) in [5.74, 6) is 0. The van der Waals surface area contributed by atoms with Gasteiger partial charge in [-0.1, -0.05) is 110 Å². The van der Waals surface area contributed by atoms with Crippen molar-refractivity contribution in [2.45, 2.75) is 71.9 Å². The van der Waals surface area contributed by atoms with Crippen LogP contribution in [0.1, 0.15) is 61.0 Å². The van der Waals surface area contributed by atoms with Gasteiger partial charge in [-0.05, 0) is 44.6 Å². The molecule has 0 N–H and O–H groups in total. The van der Waals surface area contributed by atoms with E-state index in [1.54, 1.807) is 12.3 Å². The number of rotatable bonds is 5. The molecule has 2 heterocycles. The summed E-state index contributed by atoms with van der Waals surface area (Å²) < 4.78 is 24.4. The molecule has 0 spiro atoms. The Morgan fingerprint density at radius 2 is 1.44 bits per heavy atom. The zero-order chi connectivity index (χ0) is 33.0. The van der Waals surface area contributed by atoms with E-state index < -0.39 is 14.9 Å². The zero-order valence-electron chi connectivity index (χ0n) is 29.5. The number of pyridine rings is 2. The van der Waals surface area contributed by atoms with Gasteiger partial charge >= 0.3 is 0 Å². The Labute approximate surface area is 278 Å². The molecule has 43 heavy (non-hydrogen) atoms. The van der Waals surface area contributed by atoms with Gasteiger partial charge in [-0.15, -0.1) is 70.8 Å². The van der Waals surface area contributed by atoms with Crippen molar-refractivity contribution in [2.24, 2.45) is 0 Å². The summed E-state index contributed by atoms with van der Waals surface area (Å²) >= 11 is 0. The minimum atomic E-state index is -2.26. The van der Waals surface area contributed by atoms with E-state index in [2.05, 4.69) is 101 Å². The molecule has 0 aliphatic heterocycles. The number of aryl methyl sites for hydroxylation is 1. The summed E-state index contributed by atoms with van der Waals surface area (Å²) in [5, 5.41) is 1.40. The fourth-order valence-electron chi connectivity index (χ4n) is 4.67. The summed E-state index contributed by atoms with van der Waals surface area (Å²) in [7, 11) is -1.23. The fraction of sp³-hybridized carbons (Fsp3) is 0.282. The summed E-state index contributed by atoms with van der Waals surface area (Å²) in [5.41, 5.74) is 6.32. The molecule has 0 fully saturated rings. The monoisotopic (exact) mass is 764 g/mol. The van der Waals surface area contributed by atoms with Crippen LogP contribution in [0.2, 0.25) is 19.6 Å². The second-order valence-corrected chi connectivity index (χ2v) is 18.4. The molecule has 5 aromatic rings. The van der Waals surface area contributed by atoms with E-state index in [1.165, 1.54) is 5.19 Å². The summed E-state index contributed by atoms with van der Waals surface area (Å²) in [6.45, 7) is 15.3. The molecular weight excluding hydrogens is 717 g/mol. The molecule has 0 atom stereocenters. The van der Waals surface area contributed by atoms with Gasteiger partial charge in [0.05, 0.1) is 8.07 Å². The van der Waals surface area contributed by atoms with E-state index in [1.807, 2.05) is 66.9 Å². The molecule has 0 bridgehead atoms. The predicted molar refractivity (Wildman–Crippen MR) is 182 cm³/mol. The van der Waals surface area contributed by atoms with Crippen molar-refractivity contribution in [1.29, 1.82) is 0 Å². The van der Waals surface area contributed by atoms with Gasteiger partial charge in [-0.3, -0.25) is 0 Å². The van der Waals surface area contributed by atoms with Gasteiger partial charge in [-0.2, -0.15) is 0 Å². The van der Waals surface area contributed by atoms with Crippen molar-refractivity contribution >= 4 is 13.3 Å². The molecule has 4 heteroatoms. The van der Waals surface area contributed by atoms with E-state index in [9.17, 15) is 0 Å². The molecule has 0 saturated heterocycles. The van der Waals surface area contributed by atoms with Crippen LogP contribution < -0.4 is 5.19 Å². The Morgan fingerprint density at radius 1 is 0.721 bits per heavy atom. The molecule has 3 aromatic carbocycles. The predicted octanol–water partition coefficient (Wildman–Crippen LogP) is 9.57. The number of hydrogen-bond acceptors (Lipinski definition) is 2. The van der Waals surface area contributed by atoms with Crippen LogP contribution in [0.4, 0.5) is 0 Å². The molecule has 225 valence electrons. The quantitative estimate of drug-likeness (QED) is 0.132. The minimum Gasteiger partial charge on any atom is -0.305 e. The van der Waals surface area contributed by atoms with Crippen LogP contribution in [0.5, 0.6) is 0 Å². The van der Waals surface area contributed by atoms with Crippen LogP contribution in [0, 0.1) is 19.0 Å². The first-order chi connectivity index (χ1) is 21.0. The Morgan fingerprint density at radius 3 is 2.02 bits per heavy atom. The van der Waals surface area contributed by atoms with Crippen LogP contribution in [0.3, 0.4) is 0 Å². The van der Waals surface area contributed by atoms with Gasteiger partial charge < -0.3 is 9.97 Å². The molecule has 2 nitrogen and oxygen atoms in total. The third kappa shape index (κ3) is 8.69. The first-order valence-corrected chi connectivity index (χ1v) is 18.0. The summed E-state index contributed by atoms with van der Waals surface area (Å²) in [4.78, 5) is 8.98. The Hall–Kier alpha value is -3.17. The maximum absolute atomic E-state index is 8.13. The number of nitrogens with zero attached hydrogens (tertiary/aromatic N) is 2. The van der Waals surface area contributed by atoms with E-state index in [4.69, 9.17) is 4.11 Å². The third-order valence-corrected chi connectivity index (χ3v) is 9.68. The van der Waals surface area contributed by atoms with Gasteiger partial charge in [-0.25, -0.2) is 0 Å². The van der Waals surface area contributed by atoms with Crippen molar-refractivity contribution < 1.29 is 24.2 Å². The topological polar surface area (TPSA) is 25.8 Å². The van der Waals surface area contributed by atoms with Gasteiger partial charge in [0.25, 0.3) is 0 Å². The summed E-state index contributed by atoms with van der Waals surface area (Å²) in [6.07, 6.45) is 3.76. The Kier molecular flexibility index (Phi) is 9.78. The standard InChI is InChI=1S/C25H28N.C14H16NSi.Ir/c1-18-16-21(25(5,6)19-10-8-7-9-11-19)12-13-22(18)23-17-20(14-15-26-23)24(2,3)4;1-16(2,3)13-9-10-14(15-11-13)12-7-5-4-6-8-12;/h7-12,14-17H,1-6H3;4-7,9-11H,1-3H3;/q2*-1;/i1D3;;. The first-order valence-electron chi connectivity index (χ1n) is 16.0. The van der Waals surface area contributed by atoms with Crippen LogP contribution in [-0.4, -0.2) is 18.0 Å². The van der Waals surface area contributed by atoms with Crippen molar-refractivity contribution in [3.8, 4) is 22.5 Å². The third-order valence-electron chi connectivity index (χ3n) is 7.65. The van der Waals surface area contributed by atoms with Crippen molar-refractivity contribution in [3.63, 3.8) is 0 Å². The largest absolute Gasteiger partial charge is 0.305 e. The maximum atomic E-state index is 8.13. The number of benzene rings is 3. The smallest absolute Gasteiger partial charge is 0.0795 e. The molecule has 1 radical (unpaired) electrons. The van der Waals surface area contributed by atoms with Gasteiger partial charge in [0.1, 0.15) is 0 Å². The normalized spacial score (nSPS) is 13.0. The van der Waals surface area contributed by atoms with Gasteiger partial charge in [0, 0.05) is 36.6 Å². The van der Waals surface area contributed by atoms with Crippen molar-refractivity contribution in [2.75, 3.05) is 0 Å². The average molecular weight is 764 g/mol. The van der Waals surface area contributed by atoms with Crippen molar-refractivity contribution in [3.05, 3.63) is 138 Å². The minimum absolute atomic E-state index is 0. The zero-order valence-corrected chi connectivity index (χ0v) is 29.9. The van der Waals surface area contributed by atoms with E-state index in [-0.39, 0.29) is 36.5 Å². The molecule has 5 rings (SSSR count). The molecule has 0 aliphatic rings. The first kappa shape index (κ1) is 29.9. The fourth-order valence-corrected chi connectivity index (χ4v) is 5.71. The van der Waals surface area contributed by atoms with E-state index in [0.29, 0.717) is 11.3 Å². The molecule has 2 aromatic heterocycles. The van der Waals surface area contributed by atoms with Crippen molar-refractivity contribution in [1.82, 2.24) is 9.97 Å². The molecule has 0 aliphatic carbocycles. The average Bonchev–Trinajstić information content (AvgIpc) is 3.01. The van der Waals surface area contributed by atoms with E-state index in [0.717, 1.165) is 27.9 Å². The van der Waals surface area contributed by atoms with Gasteiger partial charge in [0.2, 0.25) is 0 Å². The SMILES string of the molecule is C[Si](C)(C)c1ccc(-c2[c-]cccc2)nc1.[2H]C([2H])([2H])c1cc(C(C)(C)c2ccccc2)c[c-]c1-c1cc(C(C)(C)C)ccn1.[Ir]. The van der Waals surface area contributed by atoms with Crippen LogP contribution in [-0.2, 0) is 30.9 Å². The van der Waals surface area contributed by atoms with Crippen LogP contribution >= 0.6 is 0 Å². The maximum Gasteiger partial charge on any atom is 0.0795 e. The van der Waals surface area contributed by atoms with Crippen LogP contribution in [0.25, 0.3) is 22.5 Å². The Balaban J connectivity index is 0.000000287. The van der Waals surface area contributed by atoms with Crippen LogP contribution in [0.15, 0.2) is 103 Å². The molecular formula is C39H44IrN2Si-2. The second kappa shape index (κ2) is 14.1. The number of hydrogen-bond donors (Lipinski definition) is 0. The Bertz CT molecular complexity index is 1710. The van der Waals surface area contributed by atoms with E-state index >= 15 is 0 Å². The molecule has 0 saturated carbocycles.